The maximum absolute atomic E-state index is 13.6. The van der Waals surface area contributed by atoms with E-state index >= 15 is 0 Å². The molecule has 2 heterocycles. The lowest BCUT2D eigenvalue weighted by molar-refractivity contribution is -0.883. The minimum Gasteiger partial charge on any atom is -0.353 e. The number of rotatable bonds is 2. The molecule has 1 atom stereocenters. The van der Waals surface area contributed by atoms with E-state index in [0.29, 0.717) is 16.5 Å². The zero-order valence-electron chi connectivity index (χ0n) is 17.3. The predicted molar refractivity (Wildman–Crippen MR) is 111 cm³/mol. The second-order valence-electron chi connectivity index (χ2n) is 8.92. The summed E-state index contributed by atoms with van der Waals surface area (Å²) < 4.78 is 6.28. The quantitative estimate of drug-likeness (QED) is 0.787. The van der Waals surface area contributed by atoms with Gasteiger partial charge in [-0.1, -0.05) is 24.6 Å². The summed E-state index contributed by atoms with van der Waals surface area (Å²) in [6.45, 7) is 5.84. The SMILES string of the molecule is CC1CCC2(CC1)OC[C@H](C(=O)N1CC[NH+](C)CC1)N2C(=O)c1cccc(Cl)c1. The molecule has 0 radical (unpaired) electrons. The molecular weight excluding hydrogens is 390 g/mol. The van der Waals surface area contributed by atoms with E-state index in [1.165, 1.54) is 4.90 Å². The molecule has 2 saturated heterocycles. The molecule has 1 saturated carbocycles. The highest BCUT2D eigenvalue weighted by Gasteiger charge is 2.54. The first-order chi connectivity index (χ1) is 13.9. The molecule has 3 aliphatic rings. The number of benzene rings is 1. The molecule has 0 bridgehead atoms. The van der Waals surface area contributed by atoms with Crippen LogP contribution in [-0.4, -0.2) is 73.2 Å². The normalized spacial score (nSPS) is 30.7. The lowest BCUT2D eigenvalue weighted by Gasteiger charge is -2.43. The van der Waals surface area contributed by atoms with Crippen LogP contribution in [0.15, 0.2) is 24.3 Å². The molecule has 1 aromatic rings. The number of likely N-dealkylation sites (N-methyl/N-ethyl adjacent to an activating group) is 1. The fourth-order valence-corrected chi connectivity index (χ4v) is 5.04. The van der Waals surface area contributed by atoms with Gasteiger partial charge in [0.2, 0.25) is 5.91 Å². The van der Waals surface area contributed by atoms with Crippen LogP contribution in [0.25, 0.3) is 0 Å². The van der Waals surface area contributed by atoms with Crippen LogP contribution >= 0.6 is 11.6 Å². The highest BCUT2D eigenvalue weighted by atomic mass is 35.5. The van der Waals surface area contributed by atoms with Gasteiger partial charge < -0.3 is 14.5 Å². The highest BCUT2D eigenvalue weighted by molar-refractivity contribution is 6.31. The molecule has 3 fully saturated rings. The van der Waals surface area contributed by atoms with Gasteiger partial charge in [-0.2, -0.15) is 0 Å². The molecule has 1 N–H and O–H groups in total. The van der Waals surface area contributed by atoms with Gasteiger partial charge >= 0.3 is 0 Å². The number of halogens is 1. The van der Waals surface area contributed by atoms with Crippen molar-refractivity contribution in [1.29, 1.82) is 0 Å². The van der Waals surface area contributed by atoms with E-state index in [9.17, 15) is 9.59 Å². The lowest BCUT2D eigenvalue weighted by atomic mass is 9.83. The van der Waals surface area contributed by atoms with Crippen molar-refractivity contribution in [3.05, 3.63) is 34.9 Å². The number of carbonyl (C=O) groups excluding carboxylic acids is 2. The second-order valence-corrected chi connectivity index (χ2v) is 9.36. The number of hydrogen-bond donors (Lipinski definition) is 1. The molecule has 7 heteroatoms. The summed E-state index contributed by atoms with van der Waals surface area (Å²) in [6.07, 6.45) is 3.55. The summed E-state index contributed by atoms with van der Waals surface area (Å²) >= 11 is 6.15. The topological polar surface area (TPSA) is 54.3 Å². The van der Waals surface area contributed by atoms with Gasteiger partial charge in [-0.15, -0.1) is 0 Å². The van der Waals surface area contributed by atoms with Crippen molar-refractivity contribution < 1.29 is 19.2 Å². The van der Waals surface area contributed by atoms with Gasteiger partial charge in [0.1, 0.15) is 11.8 Å². The van der Waals surface area contributed by atoms with Gasteiger partial charge in [0.25, 0.3) is 5.91 Å². The first-order valence-corrected chi connectivity index (χ1v) is 11.1. The number of carbonyl (C=O) groups is 2. The number of amides is 2. The van der Waals surface area contributed by atoms with Crippen LogP contribution in [-0.2, 0) is 9.53 Å². The van der Waals surface area contributed by atoms with Gasteiger partial charge in [0.05, 0.1) is 39.8 Å². The molecule has 6 nitrogen and oxygen atoms in total. The van der Waals surface area contributed by atoms with Crippen LogP contribution in [0.1, 0.15) is 43.0 Å². The summed E-state index contributed by atoms with van der Waals surface area (Å²) in [6, 6.07) is 6.43. The Morgan fingerprint density at radius 2 is 1.90 bits per heavy atom. The second kappa shape index (κ2) is 8.25. The number of ether oxygens (including phenoxy) is 1. The van der Waals surface area contributed by atoms with Gasteiger partial charge in [0, 0.05) is 10.6 Å². The number of piperazine rings is 1. The van der Waals surface area contributed by atoms with Crippen LogP contribution < -0.4 is 4.90 Å². The highest BCUT2D eigenvalue weighted by Crippen LogP contribution is 2.43. The van der Waals surface area contributed by atoms with E-state index in [-0.39, 0.29) is 18.4 Å². The fraction of sp³-hybridized carbons (Fsp3) is 0.636. The molecule has 1 aromatic carbocycles. The average Bonchev–Trinajstić information content (AvgIpc) is 3.08. The van der Waals surface area contributed by atoms with Gasteiger partial charge in [0.15, 0.2) is 0 Å². The summed E-state index contributed by atoms with van der Waals surface area (Å²) in [5.41, 5.74) is -0.161. The van der Waals surface area contributed by atoms with Gasteiger partial charge in [-0.3, -0.25) is 14.5 Å². The first kappa shape index (κ1) is 20.6. The molecule has 158 valence electrons. The fourth-order valence-electron chi connectivity index (χ4n) is 4.85. The van der Waals surface area contributed by atoms with Crippen LogP contribution in [0.4, 0.5) is 0 Å². The van der Waals surface area contributed by atoms with Crippen molar-refractivity contribution in [1.82, 2.24) is 9.80 Å². The average molecular weight is 421 g/mol. The maximum Gasteiger partial charge on any atom is 0.256 e. The molecule has 29 heavy (non-hydrogen) atoms. The van der Waals surface area contributed by atoms with Crippen LogP contribution in [0.3, 0.4) is 0 Å². The predicted octanol–water partition coefficient (Wildman–Crippen LogP) is 1.44. The van der Waals surface area contributed by atoms with Crippen molar-refractivity contribution in [2.75, 3.05) is 39.8 Å². The summed E-state index contributed by atoms with van der Waals surface area (Å²) in [5, 5.41) is 0.521. The number of hydrogen-bond acceptors (Lipinski definition) is 3. The van der Waals surface area contributed by atoms with Gasteiger partial charge in [-0.05, 0) is 49.8 Å². The third-order valence-electron chi connectivity index (χ3n) is 6.82. The third kappa shape index (κ3) is 4.03. The Morgan fingerprint density at radius 3 is 2.55 bits per heavy atom. The van der Waals surface area contributed by atoms with E-state index in [1.54, 1.807) is 29.2 Å². The zero-order chi connectivity index (χ0) is 20.6. The number of nitrogens with zero attached hydrogens (tertiary/aromatic N) is 2. The van der Waals surface area contributed by atoms with Gasteiger partial charge in [-0.25, -0.2) is 0 Å². The summed E-state index contributed by atoms with van der Waals surface area (Å²) in [5.74, 6) is 0.476. The largest absolute Gasteiger partial charge is 0.353 e. The van der Waals surface area contributed by atoms with Crippen LogP contribution in [0.5, 0.6) is 0 Å². The molecule has 1 spiro atoms. The van der Waals surface area contributed by atoms with Crippen LogP contribution in [0.2, 0.25) is 5.02 Å². The van der Waals surface area contributed by atoms with E-state index < -0.39 is 11.8 Å². The Morgan fingerprint density at radius 1 is 1.21 bits per heavy atom. The number of nitrogens with one attached hydrogen (secondary N) is 1. The smallest absolute Gasteiger partial charge is 0.256 e. The zero-order valence-corrected chi connectivity index (χ0v) is 18.1. The van der Waals surface area contributed by atoms with E-state index in [4.69, 9.17) is 16.3 Å². The first-order valence-electron chi connectivity index (χ1n) is 10.7. The molecular formula is C22H31ClN3O3+. The Labute approximate surface area is 177 Å². The lowest BCUT2D eigenvalue weighted by Crippen LogP contribution is -3.12. The van der Waals surface area contributed by atoms with Crippen molar-refractivity contribution in [2.45, 2.75) is 44.4 Å². The Hall–Kier alpha value is -1.63. The van der Waals surface area contributed by atoms with E-state index in [1.807, 2.05) is 4.90 Å². The molecule has 0 aromatic heterocycles. The van der Waals surface area contributed by atoms with Crippen LogP contribution in [0, 0.1) is 5.92 Å². The Kier molecular flexibility index (Phi) is 5.87. The number of quaternary nitrogens is 1. The maximum atomic E-state index is 13.6. The van der Waals surface area contributed by atoms with Crippen molar-refractivity contribution in [3.8, 4) is 0 Å². The Bertz CT molecular complexity index is 770. The van der Waals surface area contributed by atoms with Crippen molar-refractivity contribution in [2.24, 2.45) is 5.92 Å². The van der Waals surface area contributed by atoms with Crippen molar-refractivity contribution >= 4 is 23.4 Å². The molecule has 4 rings (SSSR count). The van der Waals surface area contributed by atoms with E-state index in [2.05, 4.69) is 14.0 Å². The molecule has 2 amide bonds. The third-order valence-corrected chi connectivity index (χ3v) is 7.06. The van der Waals surface area contributed by atoms with Crippen molar-refractivity contribution in [3.63, 3.8) is 0 Å². The minimum absolute atomic E-state index is 0.0170. The summed E-state index contributed by atoms with van der Waals surface area (Å²) in [7, 11) is 2.15. The monoisotopic (exact) mass is 420 g/mol. The van der Waals surface area contributed by atoms with E-state index in [0.717, 1.165) is 51.9 Å². The Balaban J connectivity index is 1.63. The molecule has 1 aliphatic carbocycles. The summed E-state index contributed by atoms with van der Waals surface area (Å²) in [4.78, 5) is 32.1. The standard InChI is InChI=1S/C22H30ClN3O3/c1-16-6-8-22(9-7-16)26(20(27)17-4-3-5-18(23)14-17)19(15-29-22)21(28)25-12-10-24(2)11-13-25/h3-5,14,16,19H,6-13,15H2,1-2H3/p+1/t16?,19-,22?/m1/s1. The molecule has 0 unspecified atom stereocenters. The molecule has 2 aliphatic heterocycles. The minimum atomic E-state index is -0.677.